The lowest BCUT2D eigenvalue weighted by Crippen LogP contribution is -2.41. The zero-order chi connectivity index (χ0) is 35.5. The Balaban J connectivity index is 1.35. The van der Waals surface area contributed by atoms with Crippen molar-refractivity contribution >= 4 is 23.5 Å². The van der Waals surface area contributed by atoms with Crippen LogP contribution in [0.25, 0.3) is 5.57 Å². The molecule has 3 atom stereocenters. The standard InChI is InChI=1S/C35H37F6N3O5/c1-19-30(20-12-23(34(36,37)38)16-24(13-20)35(39,40)41)49-32(46)44(19)18-27-25(6-7-29(42-27)43-10-5-11-43)26-17-33(2,9-8-28(26)47-3)22-14-21(15-22)31(45)48-4/h6-8,12-13,16-17,19,21-22,30H,5,9-11,14-15,18H2,1-4H3/t19-,21?,22?,30-,33?/m0/s1. The highest BCUT2D eigenvalue weighted by molar-refractivity contribution is 5.81. The van der Waals surface area contributed by atoms with Crippen LogP contribution in [-0.4, -0.2) is 55.3 Å². The van der Waals surface area contributed by atoms with Crippen LogP contribution in [0.2, 0.25) is 0 Å². The van der Waals surface area contributed by atoms with E-state index in [-0.39, 0.29) is 35.8 Å². The van der Waals surface area contributed by atoms with Crippen LogP contribution in [0, 0.1) is 17.3 Å². The van der Waals surface area contributed by atoms with E-state index in [9.17, 15) is 35.9 Å². The minimum absolute atomic E-state index is 0.0476. The van der Waals surface area contributed by atoms with E-state index in [4.69, 9.17) is 19.2 Å². The number of methoxy groups -OCH3 is 2. The molecule has 0 bridgehead atoms. The van der Waals surface area contributed by atoms with Crippen LogP contribution in [0.4, 0.5) is 37.0 Å². The smallest absolute Gasteiger partial charge is 0.416 e. The van der Waals surface area contributed by atoms with Crippen LogP contribution in [0.15, 0.2) is 48.2 Å². The third-order valence-electron chi connectivity index (χ3n) is 10.4. The highest BCUT2D eigenvalue weighted by Gasteiger charge is 2.47. The predicted octanol–water partition coefficient (Wildman–Crippen LogP) is 7.93. The number of allylic oxidation sites excluding steroid dienone is 3. The van der Waals surface area contributed by atoms with Crippen LogP contribution in [0.3, 0.4) is 0 Å². The molecule has 2 aliphatic heterocycles. The van der Waals surface area contributed by atoms with Gasteiger partial charge in [-0.2, -0.15) is 26.3 Å². The van der Waals surface area contributed by atoms with E-state index in [1.54, 1.807) is 7.11 Å². The summed E-state index contributed by atoms with van der Waals surface area (Å²) < 4.78 is 98.0. The quantitative estimate of drug-likeness (QED) is 0.205. The zero-order valence-electron chi connectivity index (χ0n) is 27.5. The Kier molecular flexibility index (Phi) is 8.89. The van der Waals surface area contributed by atoms with E-state index < -0.39 is 47.3 Å². The molecule has 1 saturated carbocycles. The molecule has 0 radical (unpaired) electrons. The van der Waals surface area contributed by atoms with E-state index in [1.165, 1.54) is 18.9 Å². The van der Waals surface area contributed by atoms with Crippen molar-refractivity contribution in [3.8, 4) is 0 Å². The second kappa shape index (κ2) is 12.6. The number of amides is 1. The van der Waals surface area contributed by atoms with Crippen molar-refractivity contribution in [3.63, 3.8) is 0 Å². The lowest BCUT2D eigenvalue weighted by atomic mass is 9.58. The lowest BCUT2D eigenvalue weighted by Gasteiger charge is -2.46. The van der Waals surface area contributed by atoms with E-state index in [2.05, 4.69) is 17.9 Å². The maximum atomic E-state index is 13.6. The van der Waals surface area contributed by atoms with Gasteiger partial charge in [0.25, 0.3) is 0 Å². The van der Waals surface area contributed by atoms with Gasteiger partial charge in [0.05, 0.1) is 49.5 Å². The minimum Gasteiger partial charge on any atom is -0.496 e. The molecular formula is C35H37F6N3O5. The first-order valence-electron chi connectivity index (χ1n) is 16.1. The van der Waals surface area contributed by atoms with Gasteiger partial charge in [-0.25, -0.2) is 9.78 Å². The molecule has 1 unspecified atom stereocenters. The molecule has 1 aromatic carbocycles. The molecule has 3 fully saturated rings. The molecule has 0 N–H and O–H groups in total. The van der Waals surface area contributed by atoms with Gasteiger partial charge in [0.1, 0.15) is 17.7 Å². The van der Waals surface area contributed by atoms with Crippen LogP contribution in [0.1, 0.15) is 73.6 Å². The summed E-state index contributed by atoms with van der Waals surface area (Å²) in [5.41, 5.74) is -1.85. The molecule has 3 heterocycles. The van der Waals surface area contributed by atoms with E-state index in [0.29, 0.717) is 54.2 Å². The summed E-state index contributed by atoms with van der Waals surface area (Å²) in [4.78, 5) is 33.7. The van der Waals surface area contributed by atoms with Crippen molar-refractivity contribution in [2.75, 3.05) is 32.2 Å². The average Bonchev–Trinajstić information content (AvgIpc) is 3.27. The molecule has 6 rings (SSSR count). The van der Waals surface area contributed by atoms with Gasteiger partial charge in [-0.1, -0.05) is 13.0 Å². The third-order valence-corrected chi connectivity index (χ3v) is 10.4. The number of rotatable bonds is 8. The summed E-state index contributed by atoms with van der Waals surface area (Å²) in [6.07, 6.45) is -5.28. The Morgan fingerprint density at radius 2 is 1.69 bits per heavy atom. The lowest BCUT2D eigenvalue weighted by molar-refractivity contribution is -0.151. The fourth-order valence-corrected chi connectivity index (χ4v) is 7.13. The SMILES string of the molecule is COC(=O)C1CC(C2(C)C=C(c3ccc(N4CCC4)nc3CN3C(=O)O[C@H](c4cc(C(F)(F)F)cc(C(F)(F)F)c4)[C@@H]3C)C(OC)=CC2)C1. The van der Waals surface area contributed by atoms with Crippen LogP contribution < -0.4 is 4.90 Å². The highest BCUT2D eigenvalue weighted by atomic mass is 19.4. The molecule has 1 aromatic heterocycles. The average molecular weight is 694 g/mol. The number of carbonyl (C=O) groups excluding carboxylic acids is 2. The number of cyclic esters (lactones) is 1. The summed E-state index contributed by atoms with van der Waals surface area (Å²) in [6.45, 7) is 5.09. The minimum atomic E-state index is -5.05. The van der Waals surface area contributed by atoms with Gasteiger partial charge in [0, 0.05) is 24.2 Å². The van der Waals surface area contributed by atoms with Gasteiger partial charge in [-0.05, 0) is 85.9 Å². The van der Waals surface area contributed by atoms with Gasteiger partial charge < -0.3 is 19.1 Å². The van der Waals surface area contributed by atoms with Crippen molar-refractivity contribution in [1.82, 2.24) is 9.88 Å². The Bertz CT molecular complexity index is 1660. The van der Waals surface area contributed by atoms with Crippen LogP contribution in [-0.2, 0) is 37.9 Å². The van der Waals surface area contributed by atoms with E-state index in [0.717, 1.165) is 25.1 Å². The van der Waals surface area contributed by atoms with E-state index in [1.807, 2.05) is 18.2 Å². The molecule has 8 nitrogen and oxygen atoms in total. The molecule has 2 saturated heterocycles. The first kappa shape index (κ1) is 34.6. The fourth-order valence-electron chi connectivity index (χ4n) is 7.13. The number of ether oxygens (including phenoxy) is 3. The first-order valence-corrected chi connectivity index (χ1v) is 16.1. The van der Waals surface area contributed by atoms with Crippen molar-refractivity contribution in [1.29, 1.82) is 0 Å². The van der Waals surface area contributed by atoms with Gasteiger partial charge in [-0.15, -0.1) is 0 Å². The van der Waals surface area contributed by atoms with Gasteiger partial charge in [0.2, 0.25) is 0 Å². The molecule has 2 aliphatic carbocycles. The number of halogens is 6. The normalized spacial score (nSPS) is 27.1. The largest absolute Gasteiger partial charge is 0.496 e. The molecular weight excluding hydrogens is 656 g/mol. The number of nitrogens with zero attached hydrogens (tertiary/aromatic N) is 3. The summed E-state index contributed by atoms with van der Waals surface area (Å²) in [7, 11) is 2.93. The number of carbonyl (C=O) groups is 2. The van der Waals surface area contributed by atoms with E-state index >= 15 is 0 Å². The highest BCUT2D eigenvalue weighted by Crippen LogP contribution is 2.53. The maximum absolute atomic E-state index is 13.6. The van der Waals surface area contributed by atoms with Crippen molar-refractivity contribution in [2.45, 2.75) is 70.6 Å². The maximum Gasteiger partial charge on any atom is 0.416 e. The predicted molar refractivity (Wildman–Crippen MR) is 166 cm³/mol. The Labute approximate surface area is 279 Å². The fraction of sp³-hybridized carbons (Fsp3) is 0.514. The van der Waals surface area contributed by atoms with Crippen LogP contribution in [0.5, 0.6) is 0 Å². The monoisotopic (exact) mass is 693 g/mol. The summed E-state index contributed by atoms with van der Waals surface area (Å²) in [5.74, 6) is 1.08. The Morgan fingerprint density at radius 3 is 2.24 bits per heavy atom. The number of anilines is 1. The number of hydrogen-bond donors (Lipinski definition) is 0. The van der Waals surface area contributed by atoms with Gasteiger partial charge in [0.15, 0.2) is 0 Å². The van der Waals surface area contributed by atoms with Crippen molar-refractivity contribution in [3.05, 3.63) is 76.2 Å². The molecule has 14 heteroatoms. The summed E-state index contributed by atoms with van der Waals surface area (Å²) in [5, 5.41) is 0. The van der Waals surface area contributed by atoms with Crippen molar-refractivity contribution in [2.24, 2.45) is 17.3 Å². The topological polar surface area (TPSA) is 81.2 Å². The van der Waals surface area contributed by atoms with Crippen molar-refractivity contribution < 1.29 is 50.1 Å². The number of esters is 1. The van der Waals surface area contributed by atoms with Gasteiger partial charge >= 0.3 is 24.4 Å². The second-order valence-electron chi connectivity index (χ2n) is 13.4. The number of hydrogen-bond acceptors (Lipinski definition) is 7. The number of alkyl halides is 6. The molecule has 1 amide bonds. The number of aromatic nitrogens is 1. The summed E-state index contributed by atoms with van der Waals surface area (Å²) >= 11 is 0. The van der Waals surface area contributed by atoms with Crippen LogP contribution >= 0.6 is 0 Å². The van der Waals surface area contributed by atoms with Gasteiger partial charge in [-0.3, -0.25) is 9.69 Å². The molecule has 2 aromatic rings. The molecule has 264 valence electrons. The Hall–Kier alpha value is -4.23. The zero-order valence-corrected chi connectivity index (χ0v) is 27.5. The molecule has 49 heavy (non-hydrogen) atoms. The third kappa shape index (κ3) is 6.58. The molecule has 4 aliphatic rings. The first-order chi connectivity index (χ1) is 23.0. The second-order valence-corrected chi connectivity index (χ2v) is 13.4. The Morgan fingerprint density at radius 1 is 1.04 bits per heavy atom. The number of pyridine rings is 1. The number of benzene rings is 1. The summed E-state index contributed by atoms with van der Waals surface area (Å²) in [6, 6.07) is 4.07. The molecule has 0 spiro atoms.